The van der Waals surface area contributed by atoms with Crippen LogP contribution < -0.4 is 10.6 Å². The Hall–Kier alpha value is -2.88. The van der Waals surface area contributed by atoms with E-state index in [9.17, 15) is 0 Å². The number of aromatic nitrogens is 3. The van der Waals surface area contributed by atoms with E-state index in [1.54, 1.807) is 42.5 Å². The van der Waals surface area contributed by atoms with Gasteiger partial charge in [0.05, 0.1) is 27.9 Å². The van der Waals surface area contributed by atoms with Crippen LogP contribution in [0.4, 0.5) is 23.1 Å². The van der Waals surface area contributed by atoms with Crippen molar-refractivity contribution in [2.45, 2.75) is 0 Å². The van der Waals surface area contributed by atoms with Gasteiger partial charge in [-0.3, -0.25) is 0 Å². The topological polar surface area (TPSA) is 86.5 Å². The Bertz CT molecular complexity index is 905. The number of anilines is 4. The van der Waals surface area contributed by atoms with Crippen molar-refractivity contribution < 1.29 is 0 Å². The van der Waals surface area contributed by atoms with Gasteiger partial charge in [0.2, 0.25) is 5.95 Å². The molecule has 8 heteroatoms. The highest BCUT2D eigenvalue weighted by Gasteiger charge is 2.04. The van der Waals surface area contributed by atoms with Crippen molar-refractivity contribution in [1.29, 1.82) is 5.26 Å². The minimum Gasteiger partial charge on any atom is -0.339 e. The summed E-state index contributed by atoms with van der Waals surface area (Å²) in [5.41, 5.74) is 2.06. The lowest BCUT2D eigenvalue weighted by molar-refractivity contribution is 0.982. The average molecular weight is 357 g/mol. The van der Waals surface area contributed by atoms with Crippen LogP contribution in [0.3, 0.4) is 0 Å². The summed E-state index contributed by atoms with van der Waals surface area (Å²) in [5, 5.41) is 23.6. The molecule has 118 valence electrons. The van der Waals surface area contributed by atoms with Crippen LogP contribution >= 0.6 is 23.2 Å². The molecular weight excluding hydrogens is 347 g/mol. The molecule has 0 aliphatic heterocycles. The Morgan fingerprint density at radius 1 is 0.917 bits per heavy atom. The number of nitrogens with one attached hydrogen (secondary N) is 2. The largest absolute Gasteiger partial charge is 0.339 e. The van der Waals surface area contributed by atoms with Crippen LogP contribution in [0.1, 0.15) is 5.56 Å². The van der Waals surface area contributed by atoms with Crippen LogP contribution in [-0.2, 0) is 0 Å². The van der Waals surface area contributed by atoms with Gasteiger partial charge >= 0.3 is 0 Å². The van der Waals surface area contributed by atoms with Gasteiger partial charge in [0.15, 0.2) is 5.82 Å². The lowest BCUT2D eigenvalue weighted by Crippen LogP contribution is -2.02. The van der Waals surface area contributed by atoms with Gasteiger partial charge in [0, 0.05) is 11.4 Å². The second-order valence-corrected chi connectivity index (χ2v) is 5.55. The van der Waals surface area contributed by atoms with Crippen molar-refractivity contribution in [1.82, 2.24) is 15.2 Å². The molecule has 24 heavy (non-hydrogen) atoms. The summed E-state index contributed by atoms with van der Waals surface area (Å²) in [6, 6.07) is 14.2. The molecule has 0 spiro atoms. The quantitative estimate of drug-likeness (QED) is 0.713. The van der Waals surface area contributed by atoms with E-state index in [1.165, 1.54) is 6.20 Å². The van der Waals surface area contributed by atoms with E-state index in [1.807, 2.05) is 0 Å². The fourth-order valence-electron chi connectivity index (χ4n) is 1.90. The number of nitriles is 1. The third kappa shape index (κ3) is 3.90. The van der Waals surface area contributed by atoms with E-state index in [2.05, 4.69) is 31.9 Å². The minimum atomic E-state index is 0.324. The highest BCUT2D eigenvalue weighted by Crippen LogP contribution is 2.26. The average Bonchev–Trinajstić information content (AvgIpc) is 2.59. The second-order valence-electron chi connectivity index (χ2n) is 4.73. The molecule has 2 N–H and O–H groups in total. The summed E-state index contributed by atoms with van der Waals surface area (Å²) in [4.78, 5) is 4.32. The van der Waals surface area contributed by atoms with E-state index in [0.29, 0.717) is 27.4 Å². The number of rotatable bonds is 4. The van der Waals surface area contributed by atoms with Crippen LogP contribution in [0.5, 0.6) is 0 Å². The van der Waals surface area contributed by atoms with Gasteiger partial charge in [0.25, 0.3) is 0 Å². The van der Waals surface area contributed by atoms with Gasteiger partial charge in [-0.15, -0.1) is 5.10 Å². The summed E-state index contributed by atoms with van der Waals surface area (Å²) in [6.07, 6.45) is 1.49. The second kappa shape index (κ2) is 7.13. The molecule has 0 aliphatic carbocycles. The van der Waals surface area contributed by atoms with Crippen LogP contribution in [0.2, 0.25) is 10.0 Å². The Morgan fingerprint density at radius 2 is 1.67 bits per heavy atom. The molecule has 0 radical (unpaired) electrons. The number of nitrogens with zero attached hydrogens (tertiary/aromatic N) is 4. The zero-order valence-corrected chi connectivity index (χ0v) is 13.7. The first-order chi connectivity index (χ1) is 11.6. The lowest BCUT2D eigenvalue weighted by atomic mass is 10.2. The zero-order chi connectivity index (χ0) is 16.9. The van der Waals surface area contributed by atoms with Gasteiger partial charge in [-0.05, 0) is 42.5 Å². The Morgan fingerprint density at radius 3 is 2.38 bits per heavy atom. The summed E-state index contributed by atoms with van der Waals surface area (Å²) in [7, 11) is 0. The van der Waals surface area contributed by atoms with E-state index in [4.69, 9.17) is 28.5 Å². The van der Waals surface area contributed by atoms with Crippen LogP contribution in [0.15, 0.2) is 48.7 Å². The molecule has 6 nitrogen and oxygen atoms in total. The Kier molecular flexibility index (Phi) is 4.75. The molecule has 0 fully saturated rings. The predicted molar refractivity (Wildman–Crippen MR) is 94.0 cm³/mol. The minimum absolute atomic E-state index is 0.324. The zero-order valence-electron chi connectivity index (χ0n) is 12.2. The lowest BCUT2D eigenvalue weighted by Gasteiger charge is -2.08. The number of halogens is 2. The van der Waals surface area contributed by atoms with E-state index >= 15 is 0 Å². The van der Waals surface area contributed by atoms with Crippen molar-refractivity contribution in [2.75, 3.05) is 10.6 Å². The molecule has 0 aliphatic rings. The fraction of sp³-hybridized carbons (Fsp3) is 0. The molecule has 3 aromatic rings. The molecule has 1 heterocycles. The monoisotopic (exact) mass is 356 g/mol. The highest BCUT2D eigenvalue weighted by molar-refractivity contribution is 6.42. The molecule has 0 bridgehead atoms. The summed E-state index contributed by atoms with van der Waals surface area (Å²) < 4.78 is 0. The van der Waals surface area contributed by atoms with Crippen LogP contribution in [-0.4, -0.2) is 15.2 Å². The maximum atomic E-state index is 8.80. The summed E-state index contributed by atoms with van der Waals surface area (Å²) >= 11 is 11.9. The maximum absolute atomic E-state index is 8.80. The molecule has 3 rings (SSSR count). The van der Waals surface area contributed by atoms with Crippen molar-refractivity contribution in [3.63, 3.8) is 0 Å². The molecule has 0 amide bonds. The Labute approximate surface area is 148 Å². The van der Waals surface area contributed by atoms with Gasteiger partial charge in [-0.2, -0.15) is 15.3 Å². The first-order valence-electron chi connectivity index (χ1n) is 6.83. The van der Waals surface area contributed by atoms with Crippen LogP contribution in [0, 0.1) is 11.3 Å². The number of hydrogen-bond donors (Lipinski definition) is 2. The standard InChI is InChI=1S/C16H10Cl2N6/c17-13-6-5-12(7-14(13)18)21-15-9-20-24-16(23-15)22-11-3-1-10(8-19)2-4-11/h1-7,9H,(H2,21,22,23,24). The molecular formula is C16H10Cl2N6. The normalized spacial score (nSPS) is 10.0. The van der Waals surface area contributed by atoms with Crippen molar-refractivity contribution in [3.05, 3.63) is 64.3 Å². The van der Waals surface area contributed by atoms with Crippen molar-refractivity contribution in [3.8, 4) is 6.07 Å². The molecule has 0 atom stereocenters. The van der Waals surface area contributed by atoms with E-state index in [-0.39, 0.29) is 0 Å². The molecule has 0 unspecified atom stereocenters. The molecule has 0 saturated heterocycles. The van der Waals surface area contributed by atoms with E-state index in [0.717, 1.165) is 11.4 Å². The predicted octanol–water partition coefficient (Wildman–Crippen LogP) is 4.54. The van der Waals surface area contributed by atoms with Gasteiger partial charge in [0.1, 0.15) is 0 Å². The molecule has 2 aromatic carbocycles. The smallest absolute Gasteiger partial charge is 0.249 e. The van der Waals surface area contributed by atoms with E-state index < -0.39 is 0 Å². The van der Waals surface area contributed by atoms with Gasteiger partial charge in [-0.25, -0.2) is 0 Å². The summed E-state index contributed by atoms with van der Waals surface area (Å²) in [5.74, 6) is 0.823. The van der Waals surface area contributed by atoms with Crippen molar-refractivity contribution >= 4 is 46.3 Å². The highest BCUT2D eigenvalue weighted by atomic mass is 35.5. The van der Waals surface area contributed by atoms with Crippen molar-refractivity contribution in [2.24, 2.45) is 0 Å². The fourth-order valence-corrected chi connectivity index (χ4v) is 2.19. The molecule has 0 saturated carbocycles. The number of benzene rings is 2. The molecule has 1 aromatic heterocycles. The SMILES string of the molecule is N#Cc1ccc(Nc2nncc(Nc3ccc(Cl)c(Cl)c3)n2)cc1. The van der Waals surface area contributed by atoms with Gasteiger partial charge in [-0.1, -0.05) is 23.2 Å². The first kappa shape index (κ1) is 16.0. The third-order valence-electron chi connectivity index (χ3n) is 3.02. The third-order valence-corrected chi connectivity index (χ3v) is 3.76. The maximum Gasteiger partial charge on any atom is 0.249 e. The van der Waals surface area contributed by atoms with Gasteiger partial charge < -0.3 is 10.6 Å². The summed E-state index contributed by atoms with van der Waals surface area (Å²) in [6.45, 7) is 0. The number of hydrogen-bond acceptors (Lipinski definition) is 6. The Balaban J connectivity index is 1.75. The van der Waals surface area contributed by atoms with Crippen LogP contribution in [0.25, 0.3) is 0 Å². The first-order valence-corrected chi connectivity index (χ1v) is 7.58.